The van der Waals surface area contributed by atoms with E-state index in [4.69, 9.17) is 4.74 Å². The normalized spacial score (nSPS) is 43.6. The summed E-state index contributed by atoms with van der Waals surface area (Å²) in [5.74, 6) is 2.28. The third kappa shape index (κ3) is 1.95. The SMILES string of the molecule is CC(=O)OC/C=C1\[C@H]2CC[C@@H]3[C@H]2C(C)(C)CCC[C@]13C. The molecule has 4 bridgehead atoms. The van der Waals surface area contributed by atoms with Gasteiger partial charge in [0.15, 0.2) is 0 Å². The minimum absolute atomic E-state index is 0.171. The first kappa shape index (κ1) is 14.2. The van der Waals surface area contributed by atoms with Gasteiger partial charge in [-0.2, -0.15) is 0 Å². The van der Waals surface area contributed by atoms with Gasteiger partial charge in [-0.3, -0.25) is 4.79 Å². The zero-order chi connectivity index (χ0) is 14.5. The Kier molecular flexibility index (Phi) is 3.26. The number of ether oxygens (including phenoxy) is 1. The molecule has 0 heterocycles. The van der Waals surface area contributed by atoms with Crippen LogP contribution in [-0.4, -0.2) is 12.6 Å². The fraction of sp³-hybridized carbons (Fsp3) is 0.833. The maximum absolute atomic E-state index is 11.0. The van der Waals surface area contributed by atoms with E-state index >= 15 is 0 Å². The van der Waals surface area contributed by atoms with Gasteiger partial charge in [-0.1, -0.05) is 32.8 Å². The highest BCUT2D eigenvalue weighted by Crippen LogP contribution is 2.70. The Bertz CT molecular complexity index is 448. The standard InChI is InChI=1S/C18H28O2/c1-12(19)20-11-8-14-13-6-7-15-16(13)17(2,3)9-5-10-18(14,15)4/h8,13,15-16H,5-7,9-11H2,1-4H3/b14-8+/t13-,15-,16+,18-/m1/s1. The molecule has 4 atom stereocenters. The number of hydrogen-bond donors (Lipinski definition) is 0. The Morgan fingerprint density at radius 3 is 2.75 bits per heavy atom. The minimum Gasteiger partial charge on any atom is -0.462 e. The Labute approximate surface area is 123 Å². The third-order valence-electron chi connectivity index (χ3n) is 6.54. The molecule has 3 aliphatic carbocycles. The van der Waals surface area contributed by atoms with E-state index in [-0.39, 0.29) is 5.97 Å². The highest BCUT2D eigenvalue weighted by atomic mass is 16.5. The molecule has 20 heavy (non-hydrogen) atoms. The molecular weight excluding hydrogens is 248 g/mol. The summed E-state index contributed by atoms with van der Waals surface area (Å²) in [7, 11) is 0. The van der Waals surface area contributed by atoms with E-state index in [2.05, 4.69) is 26.8 Å². The number of hydrogen-bond acceptors (Lipinski definition) is 2. The van der Waals surface area contributed by atoms with Crippen LogP contribution in [0.2, 0.25) is 0 Å². The summed E-state index contributed by atoms with van der Waals surface area (Å²) in [5, 5.41) is 0. The number of allylic oxidation sites excluding steroid dienone is 1. The Hall–Kier alpha value is -0.790. The van der Waals surface area contributed by atoms with Gasteiger partial charge in [-0.25, -0.2) is 0 Å². The first-order valence-corrected chi connectivity index (χ1v) is 8.20. The summed E-state index contributed by atoms with van der Waals surface area (Å²) in [6.45, 7) is 9.39. The molecule has 0 aromatic rings. The van der Waals surface area contributed by atoms with Crippen LogP contribution in [-0.2, 0) is 9.53 Å². The van der Waals surface area contributed by atoms with Crippen LogP contribution in [0.4, 0.5) is 0 Å². The smallest absolute Gasteiger partial charge is 0.302 e. The van der Waals surface area contributed by atoms with Crippen molar-refractivity contribution in [2.24, 2.45) is 28.6 Å². The van der Waals surface area contributed by atoms with Crippen molar-refractivity contribution >= 4 is 5.97 Å². The lowest BCUT2D eigenvalue weighted by Crippen LogP contribution is -2.28. The van der Waals surface area contributed by atoms with Crippen molar-refractivity contribution in [2.75, 3.05) is 6.61 Å². The van der Waals surface area contributed by atoms with Crippen molar-refractivity contribution in [1.82, 2.24) is 0 Å². The van der Waals surface area contributed by atoms with Crippen LogP contribution in [0.1, 0.15) is 59.8 Å². The van der Waals surface area contributed by atoms with Gasteiger partial charge in [0, 0.05) is 6.92 Å². The molecule has 0 N–H and O–H groups in total. The topological polar surface area (TPSA) is 26.3 Å². The lowest BCUT2D eigenvalue weighted by Gasteiger charge is -2.36. The van der Waals surface area contributed by atoms with Gasteiger partial charge >= 0.3 is 5.97 Å². The Balaban J connectivity index is 1.92. The van der Waals surface area contributed by atoms with Crippen LogP contribution in [0.5, 0.6) is 0 Å². The van der Waals surface area contributed by atoms with Crippen molar-refractivity contribution in [2.45, 2.75) is 59.8 Å². The molecule has 0 spiro atoms. The summed E-state index contributed by atoms with van der Waals surface area (Å²) >= 11 is 0. The first-order valence-electron chi connectivity index (χ1n) is 8.20. The second-order valence-corrected chi connectivity index (χ2v) is 8.04. The summed E-state index contributed by atoms with van der Waals surface area (Å²) in [6, 6.07) is 0. The fourth-order valence-corrected chi connectivity index (χ4v) is 5.83. The molecule has 3 rings (SSSR count). The van der Waals surface area contributed by atoms with E-state index in [0.717, 1.165) is 17.8 Å². The molecular formula is C18H28O2. The monoisotopic (exact) mass is 276 g/mol. The van der Waals surface area contributed by atoms with Gasteiger partial charge in [0.2, 0.25) is 0 Å². The molecule has 0 aromatic carbocycles. The average Bonchev–Trinajstić information content (AvgIpc) is 2.83. The van der Waals surface area contributed by atoms with Crippen molar-refractivity contribution in [3.63, 3.8) is 0 Å². The second kappa shape index (κ2) is 4.61. The molecule has 3 fully saturated rings. The summed E-state index contributed by atoms with van der Waals surface area (Å²) < 4.78 is 5.17. The molecule has 0 aliphatic heterocycles. The zero-order valence-electron chi connectivity index (χ0n) is 13.4. The van der Waals surface area contributed by atoms with Gasteiger partial charge in [0.25, 0.3) is 0 Å². The first-order chi connectivity index (χ1) is 9.36. The molecule has 3 saturated carbocycles. The molecule has 3 aliphatic rings. The number of carbonyl (C=O) groups is 1. The van der Waals surface area contributed by atoms with E-state index in [9.17, 15) is 4.79 Å². The second-order valence-electron chi connectivity index (χ2n) is 8.04. The molecule has 0 amide bonds. The number of rotatable bonds is 2. The van der Waals surface area contributed by atoms with Crippen LogP contribution in [0.3, 0.4) is 0 Å². The summed E-state index contributed by atoms with van der Waals surface area (Å²) in [6.07, 6.45) is 9.03. The maximum atomic E-state index is 11.0. The van der Waals surface area contributed by atoms with E-state index in [1.807, 2.05) is 0 Å². The van der Waals surface area contributed by atoms with Crippen molar-refractivity contribution in [3.05, 3.63) is 11.6 Å². The largest absolute Gasteiger partial charge is 0.462 e. The van der Waals surface area contributed by atoms with Crippen LogP contribution in [0.25, 0.3) is 0 Å². The van der Waals surface area contributed by atoms with Crippen molar-refractivity contribution in [1.29, 1.82) is 0 Å². The van der Waals surface area contributed by atoms with Crippen LogP contribution < -0.4 is 0 Å². The molecule has 2 heteroatoms. The summed E-state index contributed by atoms with van der Waals surface area (Å²) in [5.41, 5.74) is 2.47. The maximum Gasteiger partial charge on any atom is 0.302 e. The van der Waals surface area contributed by atoms with Crippen molar-refractivity contribution < 1.29 is 9.53 Å². The Morgan fingerprint density at radius 1 is 1.30 bits per heavy atom. The average molecular weight is 276 g/mol. The van der Waals surface area contributed by atoms with E-state index in [0.29, 0.717) is 17.4 Å². The minimum atomic E-state index is -0.171. The molecule has 0 aromatic heterocycles. The van der Waals surface area contributed by atoms with Crippen molar-refractivity contribution in [3.8, 4) is 0 Å². The molecule has 0 unspecified atom stereocenters. The van der Waals surface area contributed by atoms with Gasteiger partial charge in [0.1, 0.15) is 6.61 Å². The van der Waals surface area contributed by atoms with E-state index in [1.54, 1.807) is 5.57 Å². The third-order valence-corrected chi connectivity index (χ3v) is 6.54. The van der Waals surface area contributed by atoms with E-state index in [1.165, 1.54) is 39.0 Å². The van der Waals surface area contributed by atoms with Gasteiger partial charge in [0.05, 0.1) is 0 Å². The number of esters is 1. The van der Waals surface area contributed by atoms with Crippen LogP contribution in [0.15, 0.2) is 11.6 Å². The zero-order valence-corrected chi connectivity index (χ0v) is 13.4. The van der Waals surface area contributed by atoms with Crippen LogP contribution >= 0.6 is 0 Å². The highest BCUT2D eigenvalue weighted by molar-refractivity contribution is 5.66. The quantitative estimate of drug-likeness (QED) is 0.553. The lowest BCUT2D eigenvalue weighted by molar-refractivity contribution is -0.139. The predicted molar refractivity (Wildman–Crippen MR) is 80.2 cm³/mol. The fourth-order valence-electron chi connectivity index (χ4n) is 5.83. The number of carbonyl (C=O) groups excluding carboxylic acids is 1. The molecule has 112 valence electrons. The summed E-state index contributed by atoms with van der Waals surface area (Å²) in [4.78, 5) is 11.0. The van der Waals surface area contributed by atoms with E-state index < -0.39 is 0 Å². The molecule has 0 radical (unpaired) electrons. The van der Waals surface area contributed by atoms with Gasteiger partial charge in [-0.15, -0.1) is 0 Å². The van der Waals surface area contributed by atoms with Crippen LogP contribution in [0, 0.1) is 28.6 Å². The lowest BCUT2D eigenvalue weighted by atomic mass is 9.68. The van der Waals surface area contributed by atoms with Gasteiger partial charge in [-0.05, 0) is 60.3 Å². The molecule has 2 nitrogen and oxygen atoms in total. The molecule has 0 saturated heterocycles. The van der Waals surface area contributed by atoms with Gasteiger partial charge < -0.3 is 4.74 Å². The highest BCUT2D eigenvalue weighted by Gasteiger charge is 2.62. The predicted octanol–water partition coefficient (Wildman–Crippen LogP) is 4.35. The Morgan fingerprint density at radius 2 is 2.05 bits per heavy atom.